The zero-order valence-electron chi connectivity index (χ0n) is 11.0. The maximum absolute atomic E-state index is 5.97. The number of benzene rings is 2. The fourth-order valence-corrected chi connectivity index (χ4v) is 2.28. The number of ether oxygens (including phenoxy) is 2. The number of nitrogens with one attached hydrogen (secondary N) is 1. The van der Waals surface area contributed by atoms with Crippen molar-refractivity contribution in [3.05, 3.63) is 59.2 Å². The summed E-state index contributed by atoms with van der Waals surface area (Å²) in [5.74, 6) is 1.63. The van der Waals surface area contributed by atoms with E-state index < -0.39 is 0 Å². The second-order valence-electron chi connectivity index (χ2n) is 4.47. The summed E-state index contributed by atoms with van der Waals surface area (Å²) in [7, 11) is 1.65. The van der Waals surface area contributed by atoms with E-state index in [0.29, 0.717) is 6.61 Å². The Morgan fingerprint density at radius 2 is 1.80 bits per heavy atom. The van der Waals surface area contributed by atoms with Gasteiger partial charge in [-0.2, -0.15) is 0 Å². The molecule has 0 unspecified atom stereocenters. The predicted octanol–water partition coefficient (Wildman–Crippen LogP) is 4.41. The third kappa shape index (κ3) is 2.58. The van der Waals surface area contributed by atoms with Crippen molar-refractivity contribution < 1.29 is 9.47 Å². The van der Waals surface area contributed by atoms with Gasteiger partial charge in [0, 0.05) is 27.7 Å². The minimum absolute atomic E-state index is 0.508. The van der Waals surface area contributed by atoms with Crippen molar-refractivity contribution in [2.24, 2.45) is 0 Å². The number of halogens is 1. The van der Waals surface area contributed by atoms with Crippen molar-refractivity contribution >= 4 is 22.5 Å². The van der Waals surface area contributed by atoms with Gasteiger partial charge in [0.25, 0.3) is 0 Å². The molecule has 0 radical (unpaired) electrons. The molecule has 102 valence electrons. The highest BCUT2D eigenvalue weighted by atomic mass is 35.5. The minimum Gasteiger partial charge on any atom is -0.497 e. The zero-order valence-corrected chi connectivity index (χ0v) is 11.8. The van der Waals surface area contributed by atoms with E-state index in [-0.39, 0.29) is 0 Å². The molecule has 4 heteroatoms. The summed E-state index contributed by atoms with van der Waals surface area (Å²) in [5.41, 5.74) is 2.12. The third-order valence-electron chi connectivity index (χ3n) is 3.18. The molecule has 1 aromatic heterocycles. The van der Waals surface area contributed by atoms with Crippen LogP contribution in [0, 0.1) is 0 Å². The first-order valence-corrected chi connectivity index (χ1v) is 6.66. The average molecular weight is 288 g/mol. The van der Waals surface area contributed by atoms with Crippen molar-refractivity contribution in [1.29, 1.82) is 0 Å². The average Bonchev–Trinajstić information content (AvgIpc) is 2.88. The predicted molar refractivity (Wildman–Crippen MR) is 80.6 cm³/mol. The van der Waals surface area contributed by atoms with Crippen molar-refractivity contribution in [1.82, 2.24) is 4.98 Å². The van der Waals surface area contributed by atoms with E-state index in [1.807, 2.05) is 48.7 Å². The highest BCUT2D eigenvalue weighted by Gasteiger charge is 2.05. The van der Waals surface area contributed by atoms with Gasteiger partial charge in [-0.25, -0.2) is 0 Å². The molecule has 2 aromatic carbocycles. The first kappa shape index (κ1) is 12.9. The maximum Gasteiger partial charge on any atom is 0.120 e. The molecule has 0 amide bonds. The summed E-state index contributed by atoms with van der Waals surface area (Å²) in [4.78, 5) is 3.20. The number of H-pyrrole nitrogens is 1. The molecule has 0 bridgehead atoms. The van der Waals surface area contributed by atoms with E-state index in [2.05, 4.69) is 4.98 Å². The smallest absolute Gasteiger partial charge is 0.120 e. The van der Waals surface area contributed by atoms with Crippen molar-refractivity contribution in [3.63, 3.8) is 0 Å². The SMILES string of the molecule is COc1ccc(OCc2c[nH]c3cc(Cl)ccc23)cc1. The standard InChI is InChI=1S/C16H14ClNO2/c1-19-13-3-5-14(6-4-13)20-10-11-9-18-16-8-12(17)2-7-15(11)16/h2-9,18H,10H2,1H3. The van der Waals surface area contributed by atoms with E-state index in [1.165, 1.54) is 0 Å². The lowest BCUT2D eigenvalue weighted by molar-refractivity contribution is 0.307. The first-order valence-electron chi connectivity index (χ1n) is 6.28. The summed E-state index contributed by atoms with van der Waals surface area (Å²) in [5, 5.41) is 1.85. The molecule has 0 saturated heterocycles. The number of hydrogen-bond donors (Lipinski definition) is 1. The van der Waals surface area contributed by atoms with Crippen LogP contribution in [0.5, 0.6) is 11.5 Å². The Kier molecular flexibility index (Phi) is 3.52. The van der Waals surface area contributed by atoms with Crippen LogP contribution in [0.25, 0.3) is 10.9 Å². The van der Waals surface area contributed by atoms with Crippen LogP contribution in [0.1, 0.15) is 5.56 Å². The van der Waals surface area contributed by atoms with Gasteiger partial charge in [-0.3, -0.25) is 0 Å². The van der Waals surface area contributed by atoms with Crippen LogP contribution in [0.15, 0.2) is 48.7 Å². The molecule has 20 heavy (non-hydrogen) atoms. The molecular formula is C16H14ClNO2. The van der Waals surface area contributed by atoms with Crippen LogP contribution in [-0.4, -0.2) is 12.1 Å². The summed E-state index contributed by atoms with van der Waals surface area (Å²) in [6, 6.07) is 13.3. The molecule has 1 N–H and O–H groups in total. The molecule has 0 aliphatic carbocycles. The highest BCUT2D eigenvalue weighted by Crippen LogP contribution is 2.24. The number of aromatic nitrogens is 1. The molecule has 0 fully saturated rings. The Labute approximate surface area is 122 Å². The monoisotopic (exact) mass is 287 g/mol. The number of aromatic amines is 1. The molecule has 3 rings (SSSR count). The van der Waals surface area contributed by atoms with Gasteiger partial charge in [0.05, 0.1) is 7.11 Å². The first-order chi connectivity index (χ1) is 9.76. The fraction of sp³-hybridized carbons (Fsp3) is 0.125. The van der Waals surface area contributed by atoms with Crippen molar-refractivity contribution in [2.45, 2.75) is 6.61 Å². The summed E-state index contributed by atoms with van der Waals surface area (Å²) >= 11 is 5.97. The molecule has 0 saturated carbocycles. The Bertz CT molecular complexity index is 719. The highest BCUT2D eigenvalue weighted by molar-refractivity contribution is 6.31. The van der Waals surface area contributed by atoms with E-state index in [1.54, 1.807) is 7.11 Å². The molecule has 3 aromatic rings. The summed E-state index contributed by atoms with van der Waals surface area (Å²) in [6.07, 6.45) is 1.95. The van der Waals surface area contributed by atoms with Gasteiger partial charge in [-0.1, -0.05) is 17.7 Å². The molecular weight excluding hydrogens is 274 g/mol. The van der Waals surface area contributed by atoms with E-state index in [9.17, 15) is 0 Å². The maximum atomic E-state index is 5.97. The Morgan fingerprint density at radius 3 is 2.55 bits per heavy atom. The fourth-order valence-electron chi connectivity index (χ4n) is 2.11. The van der Waals surface area contributed by atoms with Crippen molar-refractivity contribution in [3.8, 4) is 11.5 Å². The normalized spacial score (nSPS) is 10.7. The van der Waals surface area contributed by atoms with Crippen LogP contribution >= 0.6 is 11.6 Å². The molecule has 0 aliphatic heterocycles. The molecule has 1 heterocycles. The lowest BCUT2D eigenvalue weighted by atomic mass is 10.2. The number of methoxy groups -OCH3 is 1. The molecule has 0 aliphatic rings. The summed E-state index contributed by atoms with van der Waals surface area (Å²) in [6.45, 7) is 0.508. The van der Waals surface area contributed by atoms with E-state index in [0.717, 1.165) is 33.0 Å². The Hall–Kier alpha value is -2.13. The second kappa shape index (κ2) is 5.47. The largest absolute Gasteiger partial charge is 0.497 e. The van der Waals surface area contributed by atoms with E-state index in [4.69, 9.17) is 21.1 Å². The second-order valence-corrected chi connectivity index (χ2v) is 4.90. The topological polar surface area (TPSA) is 34.2 Å². The quantitative estimate of drug-likeness (QED) is 0.771. The summed E-state index contributed by atoms with van der Waals surface area (Å²) < 4.78 is 10.9. The van der Waals surface area contributed by atoms with Crippen LogP contribution in [-0.2, 0) is 6.61 Å². The number of rotatable bonds is 4. The van der Waals surface area contributed by atoms with Crippen LogP contribution in [0.3, 0.4) is 0 Å². The minimum atomic E-state index is 0.508. The van der Waals surface area contributed by atoms with Crippen molar-refractivity contribution in [2.75, 3.05) is 7.11 Å². The third-order valence-corrected chi connectivity index (χ3v) is 3.42. The van der Waals surface area contributed by atoms with Gasteiger partial charge in [0.15, 0.2) is 0 Å². The van der Waals surface area contributed by atoms with Gasteiger partial charge < -0.3 is 14.5 Å². The lowest BCUT2D eigenvalue weighted by Crippen LogP contribution is -1.94. The number of hydrogen-bond acceptors (Lipinski definition) is 2. The number of fused-ring (bicyclic) bond motifs is 1. The van der Waals surface area contributed by atoms with Gasteiger partial charge in [-0.05, 0) is 36.4 Å². The van der Waals surface area contributed by atoms with E-state index >= 15 is 0 Å². The van der Waals surface area contributed by atoms with Gasteiger partial charge in [-0.15, -0.1) is 0 Å². The van der Waals surface area contributed by atoms with Gasteiger partial charge in [0.2, 0.25) is 0 Å². The lowest BCUT2D eigenvalue weighted by Gasteiger charge is -2.06. The Morgan fingerprint density at radius 1 is 1.05 bits per heavy atom. The van der Waals surface area contributed by atoms with Crippen LogP contribution in [0.2, 0.25) is 5.02 Å². The molecule has 3 nitrogen and oxygen atoms in total. The van der Waals surface area contributed by atoms with Gasteiger partial charge >= 0.3 is 0 Å². The van der Waals surface area contributed by atoms with Gasteiger partial charge in [0.1, 0.15) is 18.1 Å². The zero-order chi connectivity index (χ0) is 13.9. The van der Waals surface area contributed by atoms with Crippen LogP contribution in [0.4, 0.5) is 0 Å². The molecule has 0 atom stereocenters. The molecule has 0 spiro atoms. The Balaban J connectivity index is 1.76. The van der Waals surface area contributed by atoms with Crippen LogP contribution < -0.4 is 9.47 Å².